The maximum Gasteiger partial charge on any atom is 0.143 e. The second-order valence-electron chi connectivity index (χ2n) is 27.3. The summed E-state index contributed by atoms with van der Waals surface area (Å²) >= 11 is 1.89. The van der Waals surface area contributed by atoms with Gasteiger partial charge >= 0.3 is 0 Å². The Morgan fingerprint density at radius 3 is 1.16 bits per heavy atom. The molecule has 0 radical (unpaired) electrons. The monoisotopic (exact) mass is 1450 g/mol. The van der Waals surface area contributed by atoms with Crippen LogP contribution in [-0.2, 0) is 0 Å². The van der Waals surface area contributed by atoms with Gasteiger partial charge in [-0.2, -0.15) is 0 Å². The van der Waals surface area contributed by atoms with Gasteiger partial charge in [0.1, 0.15) is 11.2 Å². The fourth-order valence-corrected chi connectivity index (χ4v) is 14.2. The average Bonchev–Trinajstić information content (AvgIpc) is 1.63. The highest BCUT2D eigenvalue weighted by molar-refractivity contribution is 7.26. The van der Waals surface area contributed by atoms with Gasteiger partial charge in [0, 0.05) is 96.1 Å². The first-order valence-corrected chi connectivity index (χ1v) is 38.2. The van der Waals surface area contributed by atoms with E-state index in [9.17, 15) is 0 Å². The Hall–Kier alpha value is -13.6. The number of aryl methyl sites for hydroxylation is 7. The molecule has 0 fully saturated rings. The molecule has 0 N–H and O–H groups in total. The molecule has 0 spiro atoms. The van der Waals surface area contributed by atoms with E-state index in [0.29, 0.717) is 0 Å². The highest BCUT2D eigenvalue weighted by Gasteiger charge is 2.14. The first-order chi connectivity index (χ1) is 54.4. The number of fused-ring (bicyclic) bond motifs is 6. The van der Waals surface area contributed by atoms with Gasteiger partial charge in [-0.15, -0.1) is 11.3 Å². The number of hydrogen-bond acceptors (Lipinski definition) is 7. The number of thiophene rings is 1. The van der Waals surface area contributed by atoms with E-state index in [-0.39, 0.29) is 0 Å². The Morgan fingerprint density at radius 1 is 0.234 bits per heavy atom. The average molecular weight is 1450 g/mol. The third-order valence-electron chi connectivity index (χ3n) is 18.6. The molecule has 19 aromatic rings. The fourth-order valence-electron chi connectivity index (χ4n) is 13.0. The van der Waals surface area contributed by atoms with Crippen LogP contribution < -0.4 is 0 Å². The number of aromatic nitrogens is 5. The fraction of sp³-hybridized carbons (Fsp3) is 0.0673. The van der Waals surface area contributed by atoms with Crippen molar-refractivity contribution in [1.29, 1.82) is 0 Å². The van der Waals surface area contributed by atoms with Crippen LogP contribution in [0.1, 0.15) is 39.1 Å². The molecule has 0 saturated carbocycles. The number of benzene rings is 12. The second-order valence-corrected chi connectivity index (χ2v) is 28.4. The number of rotatable bonds is 8. The van der Waals surface area contributed by atoms with Crippen molar-refractivity contribution >= 4 is 53.4 Å². The molecule has 0 aliphatic heterocycles. The summed E-state index contributed by atoms with van der Waals surface area (Å²) in [6.07, 6.45) is 10.8. The standard InChI is InChI=1S/C19H14O.C19H14S.3C18H15N.2C6H7N/c2*1-13-9-11-14(12-10-13)15-6-4-7-17-16-5-2-3-8-18(16)20-19(15)17;1-14-12-17(15-8-4-2-5-9-15)13-18(19-14)16-10-6-3-7-11-16;1-14-12-17(15-8-4-2-5-9-15)19-18(13-14)16-10-6-3-7-11-16;1-14-11-17(15-5-3-2-4-6-15)13-18(12-14)16-7-9-19-10-8-16;1-6-2-4-7-5-3-6;1-6-3-2-4-7-5-6/h2*2-12H,1H3;3*2-13H,1H3;2*2-5H,1H3. The zero-order valence-corrected chi connectivity index (χ0v) is 64.5. The first kappa shape index (κ1) is 75.6. The van der Waals surface area contributed by atoms with Crippen LogP contribution in [-0.4, -0.2) is 24.9 Å². The van der Waals surface area contributed by atoms with E-state index in [4.69, 9.17) is 9.40 Å². The molecule has 0 unspecified atom stereocenters. The van der Waals surface area contributed by atoms with Crippen molar-refractivity contribution in [3.05, 3.63) is 440 Å². The minimum atomic E-state index is 0.946. The van der Waals surface area contributed by atoms with Crippen molar-refractivity contribution in [2.24, 2.45) is 0 Å². The summed E-state index contributed by atoms with van der Waals surface area (Å²) in [5, 5.41) is 5.08. The van der Waals surface area contributed by atoms with E-state index >= 15 is 0 Å². The number of hydrogen-bond donors (Lipinski definition) is 0. The Morgan fingerprint density at radius 2 is 0.658 bits per heavy atom. The molecule has 0 aliphatic rings. The SMILES string of the molecule is Cc1cc(-c2ccccc2)cc(-c2ccccc2)n1.Cc1cc(-c2ccccc2)cc(-c2ccncc2)c1.Cc1cc(-c2ccccc2)nc(-c2ccccc2)c1.Cc1ccc(-c2cccc3c2oc2ccccc23)cc1.Cc1ccc(-c2cccc3c2sc2ccccc23)cc1.Cc1cccnc1.Cc1ccncc1. The Balaban J connectivity index is 0.000000116. The molecule has 7 aromatic heterocycles. The van der Waals surface area contributed by atoms with Crippen molar-refractivity contribution in [3.63, 3.8) is 0 Å². The molecule has 19 rings (SSSR count). The van der Waals surface area contributed by atoms with Gasteiger partial charge in [-0.3, -0.25) is 19.9 Å². The van der Waals surface area contributed by atoms with Crippen LogP contribution in [0.25, 0.3) is 132 Å². The van der Waals surface area contributed by atoms with Gasteiger partial charge in [-0.1, -0.05) is 302 Å². The Kier molecular flexibility index (Phi) is 25.7. The summed E-state index contributed by atoms with van der Waals surface area (Å²) in [5.41, 5.74) is 29.4. The number of furan rings is 1. The predicted molar refractivity (Wildman–Crippen MR) is 471 cm³/mol. The molecule has 12 aromatic carbocycles. The molecule has 7 heteroatoms. The number of para-hydroxylation sites is 2. The molecular formula is C104H87N5OS. The maximum absolute atomic E-state index is 6.07. The normalized spacial score (nSPS) is 10.5. The lowest BCUT2D eigenvalue weighted by Crippen LogP contribution is -1.89. The van der Waals surface area contributed by atoms with Crippen LogP contribution in [0.4, 0.5) is 0 Å². The lowest BCUT2D eigenvalue weighted by atomic mass is 9.97. The Labute approximate surface area is 656 Å². The van der Waals surface area contributed by atoms with Crippen LogP contribution in [0, 0.1) is 48.5 Å². The molecule has 0 bridgehead atoms. The van der Waals surface area contributed by atoms with Crippen molar-refractivity contribution in [2.45, 2.75) is 48.5 Å². The predicted octanol–water partition coefficient (Wildman–Crippen LogP) is 28.5. The molecule has 111 heavy (non-hydrogen) atoms. The lowest BCUT2D eigenvalue weighted by molar-refractivity contribution is 0.670. The van der Waals surface area contributed by atoms with Gasteiger partial charge in [0.25, 0.3) is 0 Å². The third-order valence-corrected chi connectivity index (χ3v) is 19.8. The summed E-state index contributed by atoms with van der Waals surface area (Å²) in [5.74, 6) is 0. The van der Waals surface area contributed by atoms with Crippen LogP contribution in [0.5, 0.6) is 0 Å². The highest BCUT2D eigenvalue weighted by atomic mass is 32.1. The zero-order valence-electron chi connectivity index (χ0n) is 63.7. The van der Waals surface area contributed by atoms with Crippen molar-refractivity contribution < 1.29 is 4.42 Å². The summed E-state index contributed by atoms with van der Waals surface area (Å²) < 4.78 is 8.82. The molecule has 0 atom stereocenters. The second kappa shape index (κ2) is 37.8. The molecule has 0 saturated heterocycles. The third kappa shape index (κ3) is 20.6. The minimum absolute atomic E-state index is 0.946. The topological polar surface area (TPSA) is 77.6 Å². The molecule has 7 heterocycles. The molecule has 540 valence electrons. The van der Waals surface area contributed by atoms with Crippen LogP contribution >= 0.6 is 11.3 Å². The molecule has 0 amide bonds. The van der Waals surface area contributed by atoms with Gasteiger partial charge in [-0.05, 0) is 194 Å². The van der Waals surface area contributed by atoms with E-state index in [1.165, 1.54) is 114 Å². The minimum Gasteiger partial charge on any atom is -0.455 e. The smallest absolute Gasteiger partial charge is 0.143 e. The van der Waals surface area contributed by atoms with Crippen LogP contribution in [0.3, 0.4) is 0 Å². The van der Waals surface area contributed by atoms with Gasteiger partial charge in [-0.25, -0.2) is 4.98 Å². The van der Waals surface area contributed by atoms with E-state index in [1.807, 2.05) is 166 Å². The lowest BCUT2D eigenvalue weighted by Gasteiger charge is -2.08. The van der Waals surface area contributed by atoms with Gasteiger partial charge < -0.3 is 4.42 Å². The number of pyridine rings is 5. The molecule has 6 nitrogen and oxygen atoms in total. The van der Waals surface area contributed by atoms with Gasteiger partial charge in [0.15, 0.2) is 0 Å². The molecular weight excluding hydrogens is 1370 g/mol. The van der Waals surface area contributed by atoms with Crippen molar-refractivity contribution in [2.75, 3.05) is 0 Å². The van der Waals surface area contributed by atoms with Gasteiger partial charge in [0.05, 0.1) is 17.1 Å². The summed E-state index contributed by atoms with van der Waals surface area (Å²) in [4.78, 5) is 21.2. The van der Waals surface area contributed by atoms with E-state index in [2.05, 4.69) is 296 Å². The quantitative estimate of drug-likeness (QED) is 0.151. The van der Waals surface area contributed by atoms with Crippen LogP contribution in [0.2, 0.25) is 0 Å². The summed E-state index contributed by atoms with van der Waals surface area (Å²) in [7, 11) is 0. The maximum atomic E-state index is 6.07. The van der Waals surface area contributed by atoms with E-state index < -0.39 is 0 Å². The van der Waals surface area contributed by atoms with Crippen molar-refractivity contribution in [3.8, 4) is 89.4 Å². The summed E-state index contributed by atoms with van der Waals surface area (Å²) in [6, 6.07) is 126. The van der Waals surface area contributed by atoms with Crippen LogP contribution in [0.15, 0.2) is 406 Å². The number of nitrogens with zero attached hydrogens (tertiary/aromatic N) is 5. The zero-order chi connectivity index (χ0) is 76.5. The van der Waals surface area contributed by atoms with E-state index in [1.54, 1.807) is 18.6 Å². The van der Waals surface area contributed by atoms with Gasteiger partial charge in [0.2, 0.25) is 0 Å². The van der Waals surface area contributed by atoms with Crippen molar-refractivity contribution in [1.82, 2.24) is 24.9 Å². The summed E-state index contributed by atoms with van der Waals surface area (Å²) in [6.45, 7) is 14.6. The molecule has 0 aliphatic carbocycles. The Bertz CT molecular complexity index is 5440. The van der Waals surface area contributed by atoms with E-state index in [0.717, 1.165) is 56.2 Å². The largest absolute Gasteiger partial charge is 0.455 e. The highest BCUT2D eigenvalue weighted by Crippen LogP contribution is 2.41. The first-order valence-electron chi connectivity index (χ1n) is 37.4.